The molecule has 0 aliphatic carbocycles. The van der Waals surface area contributed by atoms with E-state index in [-0.39, 0.29) is 10.7 Å². The Kier molecular flexibility index (Phi) is 6.80. The number of carbonyl (C=O) groups excluding carboxylic acids is 1. The zero-order chi connectivity index (χ0) is 21.0. The molecule has 0 saturated carbocycles. The van der Waals surface area contributed by atoms with E-state index in [4.69, 9.17) is 47.0 Å². The highest BCUT2D eigenvalue weighted by Crippen LogP contribution is 2.29. The number of thiocarbonyl (C=S) groups is 1. The lowest BCUT2D eigenvalue weighted by Gasteiger charge is -2.28. The van der Waals surface area contributed by atoms with Gasteiger partial charge >= 0.3 is 0 Å². The summed E-state index contributed by atoms with van der Waals surface area (Å²) in [7, 11) is 0. The SMILES string of the molecule is O=C(N[C@@H](NC(=S)Nc1cccc2ccccc12)C(Cl)(Cl)Cl)c1ccc(F)cc1. The Hall–Kier alpha value is -2.12. The van der Waals surface area contributed by atoms with Crippen LogP contribution >= 0.6 is 47.0 Å². The molecular weight excluding hydrogens is 456 g/mol. The minimum Gasteiger partial charge on any atom is -0.339 e. The fourth-order valence-corrected chi connectivity index (χ4v) is 3.19. The van der Waals surface area contributed by atoms with E-state index in [9.17, 15) is 9.18 Å². The molecule has 150 valence electrons. The normalized spacial score (nSPS) is 12.3. The second kappa shape index (κ2) is 9.13. The Balaban J connectivity index is 1.73. The lowest BCUT2D eigenvalue weighted by atomic mass is 10.1. The third-order valence-electron chi connectivity index (χ3n) is 4.02. The number of benzene rings is 3. The van der Waals surface area contributed by atoms with Gasteiger partial charge in [0.25, 0.3) is 5.91 Å². The molecule has 0 aliphatic rings. The van der Waals surface area contributed by atoms with E-state index in [1.165, 1.54) is 24.3 Å². The molecule has 29 heavy (non-hydrogen) atoms. The molecule has 0 radical (unpaired) electrons. The van der Waals surface area contributed by atoms with Crippen LogP contribution in [-0.2, 0) is 0 Å². The third-order valence-corrected chi connectivity index (χ3v) is 4.90. The van der Waals surface area contributed by atoms with Crippen molar-refractivity contribution in [2.24, 2.45) is 0 Å². The van der Waals surface area contributed by atoms with Gasteiger partial charge in [0, 0.05) is 16.6 Å². The van der Waals surface area contributed by atoms with E-state index in [0.29, 0.717) is 0 Å². The summed E-state index contributed by atoms with van der Waals surface area (Å²) in [5, 5.41) is 10.5. The molecule has 0 saturated heterocycles. The van der Waals surface area contributed by atoms with Crippen molar-refractivity contribution in [1.82, 2.24) is 10.6 Å². The van der Waals surface area contributed by atoms with E-state index in [1.807, 2.05) is 42.5 Å². The lowest BCUT2D eigenvalue weighted by Crippen LogP contribution is -2.56. The van der Waals surface area contributed by atoms with Crippen molar-refractivity contribution in [3.63, 3.8) is 0 Å². The summed E-state index contributed by atoms with van der Waals surface area (Å²) in [6.07, 6.45) is -1.14. The molecule has 0 heterocycles. The number of hydrogen-bond acceptors (Lipinski definition) is 2. The number of halogens is 4. The summed E-state index contributed by atoms with van der Waals surface area (Å²) in [5.74, 6) is -1.01. The highest BCUT2D eigenvalue weighted by molar-refractivity contribution is 7.80. The Morgan fingerprint density at radius 1 is 0.931 bits per heavy atom. The number of amides is 1. The van der Waals surface area contributed by atoms with E-state index in [0.717, 1.165) is 16.5 Å². The maximum atomic E-state index is 13.1. The van der Waals surface area contributed by atoms with Crippen molar-refractivity contribution in [3.05, 3.63) is 78.1 Å². The van der Waals surface area contributed by atoms with Crippen molar-refractivity contribution in [2.45, 2.75) is 9.96 Å². The van der Waals surface area contributed by atoms with Gasteiger partial charge in [-0.05, 0) is 47.9 Å². The lowest BCUT2D eigenvalue weighted by molar-refractivity contribution is 0.0934. The molecule has 4 nitrogen and oxygen atoms in total. The van der Waals surface area contributed by atoms with E-state index < -0.39 is 21.7 Å². The summed E-state index contributed by atoms with van der Waals surface area (Å²) in [6.45, 7) is 0. The van der Waals surface area contributed by atoms with Crippen LogP contribution < -0.4 is 16.0 Å². The van der Waals surface area contributed by atoms with Gasteiger partial charge in [0.05, 0.1) is 0 Å². The molecule has 0 aromatic heterocycles. The molecule has 1 amide bonds. The summed E-state index contributed by atoms with van der Waals surface area (Å²) in [4.78, 5) is 12.4. The second-order valence-corrected chi connectivity index (χ2v) is 8.86. The predicted molar refractivity (Wildman–Crippen MR) is 121 cm³/mol. The monoisotopic (exact) mass is 469 g/mol. The zero-order valence-corrected chi connectivity index (χ0v) is 17.8. The van der Waals surface area contributed by atoms with E-state index >= 15 is 0 Å². The first-order valence-corrected chi connectivity index (χ1v) is 9.97. The fraction of sp³-hybridized carbons (Fsp3) is 0.100. The molecule has 3 aromatic rings. The first kappa shape index (κ1) is 21.6. The number of fused-ring (bicyclic) bond motifs is 1. The van der Waals surface area contributed by atoms with Gasteiger partial charge in [0.1, 0.15) is 12.0 Å². The van der Waals surface area contributed by atoms with Crippen LogP contribution in [0, 0.1) is 5.82 Å². The summed E-state index contributed by atoms with van der Waals surface area (Å²) < 4.78 is 11.2. The predicted octanol–water partition coefficient (Wildman–Crippen LogP) is 5.39. The van der Waals surface area contributed by atoms with Crippen LogP contribution in [0.3, 0.4) is 0 Å². The molecule has 0 fully saturated rings. The Labute approximate surface area is 187 Å². The molecule has 9 heteroatoms. The van der Waals surface area contributed by atoms with Crippen molar-refractivity contribution >= 4 is 74.5 Å². The molecule has 3 N–H and O–H groups in total. The van der Waals surface area contributed by atoms with Crippen LogP contribution in [0.5, 0.6) is 0 Å². The van der Waals surface area contributed by atoms with Crippen LogP contribution in [0.1, 0.15) is 10.4 Å². The number of nitrogens with one attached hydrogen (secondary N) is 3. The fourth-order valence-electron chi connectivity index (χ4n) is 2.64. The average Bonchev–Trinajstić information content (AvgIpc) is 2.67. The van der Waals surface area contributed by atoms with Gasteiger partial charge in [-0.2, -0.15) is 0 Å². The van der Waals surface area contributed by atoms with Gasteiger partial charge in [-0.15, -0.1) is 0 Å². The first-order chi connectivity index (χ1) is 13.7. The van der Waals surface area contributed by atoms with Gasteiger partial charge < -0.3 is 16.0 Å². The number of carbonyl (C=O) groups is 1. The van der Waals surface area contributed by atoms with E-state index in [2.05, 4.69) is 16.0 Å². The van der Waals surface area contributed by atoms with Crippen LogP contribution in [0.15, 0.2) is 66.7 Å². The van der Waals surface area contributed by atoms with Crippen LogP contribution in [0.25, 0.3) is 10.8 Å². The van der Waals surface area contributed by atoms with Crippen LogP contribution in [-0.4, -0.2) is 21.0 Å². The topological polar surface area (TPSA) is 53.2 Å². The van der Waals surface area contributed by atoms with Crippen LogP contribution in [0.4, 0.5) is 10.1 Å². The minimum atomic E-state index is -1.90. The Bertz CT molecular complexity index is 1040. The van der Waals surface area contributed by atoms with Gasteiger partial charge in [0.15, 0.2) is 5.11 Å². The maximum absolute atomic E-state index is 13.1. The van der Waals surface area contributed by atoms with Gasteiger partial charge in [-0.1, -0.05) is 71.2 Å². The summed E-state index contributed by atoms with van der Waals surface area (Å²) >= 11 is 23.3. The van der Waals surface area contributed by atoms with Crippen molar-refractivity contribution < 1.29 is 9.18 Å². The van der Waals surface area contributed by atoms with Gasteiger partial charge in [-0.3, -0.25) is 4.79 Å². The maximum Gasteiger partial charge on any atom is 0.252 e. The first-order valence-electron chi connectivity index (χ1n) is 8.42. The number of rotatable bonds is 4. The smallest absolute Gasteiger partial charge is 0.252 e. The molecule has 0 bridgehead atoms. The van der Waals surface area contributed by atoms with Crippen molar-refractivity contribution in [2.75, 3.05) is 5.32 Å². The number of alkyl halides is 3. The molecule has 1 atom stereocenters. The molecule has 0 unspecified atom stereocenters. The third kappa shape index (κ3) is 5.70. The highest BCUT2D eigenvalue weighted by atomic mass is 35.6. The zero-order valence-electron chi connectivity index (χ0n) is 14.8. The Morgan fingerprint density at radius 3 is 2.28 bits per heavy atom. The largest absolute Gasteiger partial charge is 0.339 e. The van der Waals surface area contributed by atoms with Gasteiger partial charge in [0.2, 0.25) is 3.79 Å². The highest BCUT2D eigenvalue weighted by Gasteiger charge is 2.35. The van der Waals surface area contributed by atoms with Crippen LogP contribution in [0.2, 0.25) is 0 Å². The molecule has 3 rings (SSSR count). The standard InChI is InChI=1S/C20H15Cl3FN3OS/c21-20(22,23)18(26-17(28)13-8-10-14(24)11-9-13)27-19(29)25-16-7-3-5-12-4-1-2-6-15(12)16/h1-11,18H,(H,26,28)(H2,25,27,29)/t18-/m0/s1. The minimum absolute atomic E-state index is 0.150. The average molecular weight is 471 g/mol. The Morgan fingerprint density at radius 2 is 1.59 bits per heavy atom. The summed E-state index contributed by atoms with van der Waals surface area (Å²) in [5.41, 5.74) is 0.967. The second-order valence-electron chi connectivity index (χ2n) is 6.08. The number of anilines is 1. The van der Waals surface area contributed by atoms with Gasteiger partial charge in [-0.25, -0.2) is 4.39 Å². The molecule has 0 spiro atoms. The molecular formula is C20H15Cl3FN3OS. The molecule has 0 aliphatic heterocycles. The van der Waals surface area contributed by atoms with Crippen molar-refractivity contribution in [3.8, 4) is 0 Å². The van der Waals surface area contributed by atoms with E-state index in [1.54, 1.807) is 0 Å². The summed E-state index contributed by atoms with van der Waals surface area (Å²) in [6, 6.07) is 18.5. The number of hydrogen-bond donors (Lipinski definition) is 3. The molecule has 3 aromatic carbocycles. The quantitative estimate of drug-likeness (QED) is 0.272. The van der Waals surface area contributed by atoms with Crippen molar-refractivity contribution in [1.29, 1.82) is 0 Å².